The summed E-state index contributed by atoms with van der Waals surface area (Å²) in [6.07, 6.45) is 2.48. The van der Waals surface area contributed by atoms with E-state index < -0.39 is 9.84 Å². The number of nitrogens with two attached hydrogens (primary N) is 1. The van der Waals surface area contributed by atoms with Crippen molar-refractivity contribution in [3.05, 3.63) is 0 Å². The molecule has 6 heteroatoms. The Morgan fingerprint density at radius 3 is 2.24 bits per heavy atom. The minimum Gasteiger partial charge on any atom is -0.329 e. The standard InChI is InChI=1S/C11H24N2O2S.ClH/c1-9(2)16(14,15)7-6-13(3)11(8-12)10-4-5-10;/h9-11H,4-8,12H2,1-3H3;1H. The molecule has 1 aliphatic rings. The summed E-state index contributed by atoms with van der Waals surface area (Å²) in [6, 6.07) is 0.363. The van der Waals surface area contributed by atoms with E-state index in [0.29, 0.717) is 25.0 Å². The summed E-state index contributed by atoms with van der Waals surface area (Å²) in [5.41, 5.74) is 5.72. The predicted molar refractivity (Wildman–Crippen MR) is 74.4 cm³/mol. The molecule has 1 atom stereocenters. The summed E-state index contributed by atoms with van der Waals surface area (Å²) in [4.78, 5) is 2.11. The lowest BCUT2D eigenvalue weighted by Crippen LogP contribution is -2.42. The van der Waals surface area contributed by atoms with Crippen LogP contribution in [0.15, 0.2) is 0 Å². The van der Waals surface area contributed by atoms with E-state index in [1.165, 1.54) is 12.8 Å². The molecule has 0 bridgehead atoms. The van der Waals surface area contributed by atoms with Crippen LogP contribution in [0.4, 0.5) is 0 Å². The van der Waals surface area contributed by atoms with Crippen LogP contribution in [0.2, 0.25) is 0 Å². The van der Waals surface area contributed by atoms with Gasteiger partial charge in [-0.2, -0.15) is 0 Å². The number of halogens is 1. The highest BCUT2D eigenvalue weighted by Gasteiger charge is 2.33. The molecular formula is C11H25ClN2O2S. The molecule has 0 aromatic rings. The lowest BCUT2D eigenvalue weighted by molar-refractivity contribution is 0.235. The van der Waals surface area contributed by atoms with Crippen LogP contribution < -0.4 is 5.73 Å². The fourth-order valence-electron chi connectivity index (χ4n) is 1.89. The molecule has 0 heterocycles. The third kappa shape index (κ3) is 5.12. The highest BCUT2D eigenvalue weighted by molar-refractivity contribution is 7.92. The first kappa shape index (κ1) is 17.2. The Balaban J connectivity index is 0.00000256. The zero-order valence-corrected chi connectivity index (χ0v) is 12.6. The highest BCUT2D eigenvalue weighted by Crippen LogP contribution is 2.34. The second kappa shape index (κ2) is 6.92. The molecule has 0 saturated heterocycles. The zero-order chi connectivity index (χ0) is 12.3. The summed E-state index contributed by atoms with van der Waals surface area (Å²) in [7, 11) is -0.945. The highest BCUT2D eigenvalue weighted by atomic mass is 35.5. The number of rotatable bonds is 7. The molecule has 1 rings (SSSR count). The SMILES string of the molecule is CC(C)S(=O)(=O)CCN(C)C(CN)C1CC1.Cl. The minimum atomic E-state index is -2.92. The Kier molecular flexibility index (Phi) is 6.99. The summed E-state index contributed by atoms with van der Waals surface area (Å²) in [6.45, 7) is 4.69. The fourth-order valence-corrected chi connectivity index (χ4v) is 2.90. The van der Waals surface area contributed by atoms with Gasteiger partial charge in [-0.25, -0.2) is 8.42 Å². The van der Waals surface area contributed by atoms with Gasteiger partial charge in [0.15, 0.2) is 9.84 Å². The van der Waals surface area contributed by atoms with Gasteiger partial charge in [0.1, 0.15) is 0 Å². The summed E-state index contributed by atoms with van der Waals surface area (Å²) < 4.78 is 23.3. The number of hydrogen-bond donors (Lipinski definition) is 1. The van der Waals surface area contributed by atoms with Crippen LogP contribution in [0.3, 0.4) is 0 Å². The van der Waals surface area contributed by atoms with Crippen molar-refractivity contribution in [2.24, 2.45) is 11.7 Å². The zero-order valence-electron chi connectivity index (χ0n) is 10.9. The first-order valence-electron chi connectivity index (χ1n) is 6.00. The second-order valence-corrected chi connectivity index (χ2v) is 7.71. The lowest BCUT2D eigenvalue weighted by Gasteiger charge is -2.27. The third-order valence-electron chi connectivity index (χ3n) is 3.42. The molecule has 1 aliphatic carbocycles. The van der Waals surface area contributed by atoms with Gasteiger partial charge in [0.2, 0.25) is 0 Å². The monoisotopic (exact) mass is 284 g/mol. The number of nitrogens with zero attached hydrogens (tertiary/aromatic N) is 1. The third-order valence-corrected chi connectivity index (χ3v) is 5.61. The Hall–Kier alpha value is 0.160. The lowest BCUT2D eigenvalue weighted by atomic mass is 10.1. The number of hydrogen-bond acceptors (Lipinski definition) is 4. The first-order chi connectivity index (χ1) is 7.38. The Bertz CT molecular complexity index is 315. The molecule has 0 aromatic carbocycles. The van der Waals surface area contributed by atoms with Crippen LogP contribution in [0, 0.1) is 5.92 Å². The normalized spacial score (nSPS) is 18.2. The van der Waals surface area contributed by atoms with Crippen molar-refractivity contribution in [2.45, 2.75) is 38.0 Å². The molecule has 0 amide bonds. The molecule has 0 aromatic heterocycles. The van der Waals surface area contributed by atoms with Gasteiger partial charge in [0, 0.05) is 19.1 Å². The molecule has 1 fully saturated rings. The first-order valence-corrected chi connectivity index (χ1v) is 7.72. The fraction of sp³-hybridized carbons (Fsp3) is 1.00. The van der Waals surface area contributed by atoms with Gasteiger partial charge in [-0.3, -0.25) is 0 Å². The Morgan fingerprint density at radius 1 is 1.35 bits per heavy atom. The van der Waals surface area contributed by atoms with Gasteiger partial charge in [0.25, 0.3) is 0 Å². The van der Waals surface area contributed by atoms with Gasteiger partial charge < -0.3 is 10.6 Å². The number of likely N-dealkylation sites (N-methyl/N-ethyl adjacent to an activating group) is 1. The summed E-state index contributed by atoms with van der Waals surface area (Å²) in [5, 5.41) is -0.279. The molecule has 1 saturated carbocycles. The maximum absolute atomic E-state index is 11.7. The quantitative estimate of drug-likeness (QED) is 0.754. The largest absolute Gasteiger partial charge is 0.329 e. The Morgan fingerprint density at radius 2 is 1.88 bits per heavy atom. The van der Waals surface area contributed by atoms with Crippen molar-refractivity contribution in [2.75, 3.05) is 25.9 Å². The Labute approximate surface area is 111 Å². The van der Waals surface area contributed by atoms with Crippen LogP contribution in [0.25, 0.3) is 0 Å². The number of sulfone groups is 1. The topological polar surface area (TPSA) is 63.4 Å². The average molecular weight is 285 g/mol. The molecule has 104 valence electrons. The minimum absolute atomic E-state index is 0. The van der Waals surface area contributed by atoms with E-state index in [4.69, 9.17) is 5.73 Å². The van der Waals surface area contributed by atoms with E-state index in [1.807, 2.05) is 7.05 Å². The van der Waals surface area contributed by atoms with Crippen LogP contribution in [-0.2, 0) is 9.84 Å². The van der Waals surface area contributed by atoms with Gasteiger partial charge in [0.05, 0.1) is 11.0 Å². The maximum atomic E-state index is 11.7. The van der Waals surface area contributed by atoms with Crippen molar-refractivity contribution >= 4 is 22.2 Å². The van der Waals surface area contributed by atoms with Crippen LogP contribution in [0.5, 0.6) is 0 Å². The molecule has 0 radical (unpaired) electrons. The van der Waals surface area contributed by atoms with Crippen molar-refractivity contribution < 1.29 is 8.42 Å². The molecule has 4 nitrogen and oxygen atoms in total. The van der Waals surface area contributed by atoms with Gasteiger partial charge in [-0.1, -0.05) is 0 Å². The molecule has 2 N–H and O–H groups in total. The smallest absolute Gasteiger partial charge is 0.153 e. The molecule has 0 aliphatic heterocycles. The van der Waals surface area contributed by atoms with Gasteiger partial charge >= 0.3 is 0 Å². The second-order valence-electron chi connectivity index (χ2n) is 5.04. The van der Waals surface area contributed by atoms with E-state index in [-0.39, 0.29) is 23.4 Å². The van der Waals surface area contributed by atoms with Gasteiger partial charge in [-0.15, -0.1) is 12.4 Å². The molecular weight excluding hydrogens is 260 g/mol. The van der Waals surface area contributed by atoms with Crippen molar-refractivity contribution in [3.8, 4) is 0 Å². The van der Waals surface area contributed by atoms with E-state index in [0.717, 1.165) is 0 Å². The van der Waals surface area contributed by atoms with Crippen LogP contribution >= 0.6 is 12.4 Å². The van der Waals surface area contributed by atoms with Crippen molar-refractivity contribution in [3.63, 3.8) is 0 Å². The predicted octanol–water partition coefficient (Wildman–Crippen LogP) is 0.900. The van der Waals surface area contributed by atoms with Crippen LogP contribution in [-0.4, -0.2) is 50.5 Å². The van der Waals surface area contributed by atoms with E-state index >= 15 is 0 Å². The summed E-state index contributed by atoms with van der Waals surface area (Å²) in [5.74, 6) is 0.932. The molecule has 17 heavy (non-hydrogen) atoms. The van der Waals surface area contributed by atoms with Crippen molar-refractivity contribution in [1.82, 2.24) is 4.90 Å². The van der Waals surface area contributed by atoms with E-state index in [2.05, 4.69) is 4.90 Å². The maximum Gasteiger partial charge on any atom is 0.153 e. The van der Waals surface area contributed by atoms with E-state index in [9.17, 15) is 8.42 Å². The van der Waals surface area contributed by atoms with Crippen LogP contribution in [0.1, 0.15) is 26.7 Å². The van der Waals surface area contributed by atoms with E-state index in [1.54, 1.807) is 13.8 Å². The molecule has 0 spiro atoms. The van der Waals surface area contributed by atoms with Gasteiger partial charge in [-0.05, 0) is 39.7 Å². The summed E-state index contributed by atoms with van der Waals surface area (Å²) >= 11 is 0. The average Bonchev–Trinajstić information content (AvgIpc) is 3.00. The van der Waals surface area contributed by atoms with Crippen molar-refractivity contribution in [1.29, 1.82) is 0 Å². The molecule has 1 unspecified atom stereocenters.